The third kappa shape index (κ3) is 4.74. The van der Waals surface area contributed by atoms with Gasteiger partial charge >= 0.3 is 86.5 Å². The van der Waals surface area contributed by atoms with E-state index in [9.17, 15) is 9.59 Å². The van der Waals surface area contributed by atoms with Crippen molar-refractivity contribution in [3.63, 3.8) is 0 Å². The molecule has 0 spiro atoms. The summed E-state index contributed by atoms with van der Waals surface area (Å²) in [6.45, 7) is 0. The Morgan fingerprint density at radius 1 is 1.33 bits per heavy atom. The normalized spacial score (nSPS) is 12.1. The summed E-state index contributed by atoms with van der Waals surface area (Å²) in [4.78, 5) is 21.0. The fraction of sp³-hybridized carbons (Fsp3) is 0.600. The van der Waals surface area contributed by atoms with Crippen molar-refractivity contribution >= 4 is 11.9 Å². The third-order valence-electron chi connectivity index (χ3n) is 1.09. The van der Waals surface area contributed by atoms with Gasteiger partial charge in [-0.15, -0.1) is 0 Å². The van der Waals surface area contributed by atoms with Gasteiger partial charge in [-0.3, -0.25) is 0 Å². The van der Waals surface area contributed by atoms with Gasteiger partial charge in [-0.25, -0.2) is 0 Å². The first-order chi connectivity index (χ1) is 5.61. The van der Waals surface area contributed by atoms with E-state index in [4.69, 9.17) is 5.73 Å². The molecular weight excluding hydrogens is 265 g/mol. The topological polar surface area (TPSA) is 78.6 Å². The molecular formula is C5H7Cu2NO4. The van der Waals surface area contributed by atoms with E-state index in [-0.39, 0.29) is 12.8 Å². The number of nitrogens with two attached hydrogens (primary N) is 1. The van der Waals surface area contributed by atoms with Gasteiger partial charge in [0.15, 0.2) is 0 Å². The first-order valence-electron chi connectivity index (χ1n) is 2.95. The molecule has 0 aliphatic carbocycles. The van der Waals surface area contributed by atoms with Crippen molar-refractivity contribution in [3.8, 4) is 0 Å². The molecule has 5 nitrogen and oxygen atoms in total. The minimum absolute atomic E-state index is 0.0263. The summed E-state index contributed by atoms with van der Waals surface area (Å²) in [6.07, 6.45) is 0.0831. The van der Waals surface area contributed by atoms with Crippen LogP contribution in [0.2, 0.25) is 0 Å². The summed E-state index contributed by atoms with van der Waals surface area (Å²) in [7, 11) is 0. The molecule has 0 aromatic carbocycles. The zero-order valence-corrected chi connectivity index (χ0v) is 7.69. The number of hydrogen-bond donors (Lipinski definition) is 1. The predicted molar refractivity (Wildman–Crippen MR) is 29.4 cm³/mol. The molecule has 0 rings (SSSR count). The van der Waals surface area contributed by atoms with Crippen molar-refractivity contribution in [1.82, 2.24) is 0 Å². The Morgan fingerprint density at radius 3 is 2.33 bits per heavy atom. The summed E-state index contributed by atoms with van der Waals surface area (Å²) in [5.74, 6) is -1.36. The second-order valence-electron chi connectivity index (χ2n) is 1.96. The van der Waals surface area contributed by atoms with Gasteiger partial charge in [0.05, 0.1) is 0 Å². The first-order valence-corrected chi connectivity index (χ1v) is 3.72. The zero-order chi connectivity index (χ0) is 9.56. The maximum absolute atomic E-state index is 10.6. The van der Waals surface area contributed by atoms with E-state index in [1.165, 1.54) is 0 Å². The molecule has 0 heterocycles. The van der Waals surface area contributed by atoms with E-state index in [1.54, 1.807) is 0 Å². The molecule has 7 heteroatoms. The Balaban J connectivity index is 3.63. The van der Waals surface area contributed by atoms with E-state index in [1.807, 2.05) is 0 Å². The van der Waals surface area contributed by atoms with Crippen LogP contribution in [0, 0.1) is 0 Å². The average molecular weight is 272 g/mol. The molecule has 0 fully saturated rings. The van der Waals surface area contributed by atoms with E-state index >= 15 is 0 Å². The van der Waals surface area contributed by atoms with Crippen LogP contribution in [0.25, 0.3) is 0 Å². The van der Waals surface area contributed by atoms with Gasteiger partial charge in [-0.1, -0.05) is 0 Å². The Kier molecular flexibility index (Phi) is 6.42. The number of carbonyl (C=O) groups excluding carboxylic acids is 2. The molecule has 0 aliphatic rings. The maximum atomic E-state index is 10.6. The number of hydrogen-bond acceptors (Lipinski definition) is 5. The number of rotatable bonds is 4. The van der Waals surface area contributed by atoms with Gasteiger partial charge in [-0.05, 0) is 0 Å². The van der Waals surface area contributed by atoms with Crippen LogP contribution in [0.4, 0.5) is 0 Å². The summed E-state index contributed by atoms with van der Waals surface area (Å²) in [6, 6.07) is -0.900. The second kappa shape index (κ2) is 6.45. The molecule has 0 aromatic heterocycles. The number of carbonyl (C=O) groups is 2. The van der Waals surface area contributed by atoms with Gasteiger partial charge < -0.3 is 0 Å². The van der Waals surface area contributed by atoms with Crippen molar-refractivity contribution in [2.75, 3.05) is 0 Å². The van der Waals surface area contributed by atoms with Crippen LogP contribution in [-0.4, -0.2) is 18.0 Å². The third-order valence-corrected chi connectivity index (χ3v) is 1.50. The predicted octanol–water partition coefficient (Wildman–Crippen LogP) is -0.896. The van der Waals surface area contributed by atoms with Crippen LogP contribution in [0.3, 0.4) is 0 Å². The van der Waals surface area contributed by atoms with Gasteiger partial charge in [0.25, 0.3) is 0 Å². The Morgan fingerprint density at radius 2 is 1.92 bits per heavy atom. The SMILES string of the molecule is N[C@@H](CCC(=O)[O][Cu])C(=O)[O][Cu]. The van der Waals surface area contributed by atoms with Gasteiger partial charge in [-0.2, -0.15) is 0 Å². The van der Waals surface area contributed by atoms with E-state index in [2.05, 4.69) is 40.3 Å². The Hall–Kier alpha value is -0.0610. The Bertz CT molecular complexity index is 175. The van der Waals surface area contributed by atoms with Gasteiger partial charge in [0.2, 0.25) is 0 Å². The van der Waals surface area contributed by atoms with Crippen LogP contribution in [0.15, 0.2) is 0 Å². The van der Waals surface area contributed by atoms with Crippen molar-refractivity contribution in [2.24, 2.45) is 5.73 Å². The van der Waals surface area contributed by atoms with Crippen LogP contribution < -0.4 is 5.73 Å². The minimum atomic E-state index is -0.900. The van der Waals surface area contributed by atoms with Crippen LogP contribution >= 0.6 is 0 Å². The molecule has 2 N–H and O–H groups in total. The molecule has 0 amide bonds. The monoisotopic (exact) mass is 271 g/mol. The molecule has 78 valence electrons. The molecule has 0 aromatic rings. The average Bonchev–Trinajstić information content (AvgIpc) is 2.11. The molecule has 12 heavy (non-hydrogen) atoms. The summed E-state index contributed by atoms with van der Waals surface area (Å²) in [5, 5.41) is 0. The standard InChI is InChI=1S/C5H9NO4.2Cu/c6-3(5(9)10)1-2-4(7)8;;/h3H,1-2,6H2,(H,7,8)(H,9,10);;/q;2*+1/p-2/t3-;;/m0../s1. The quantitative estimate of drug-likeness (QED) is 0.671. The molecule has 0 unspecified atom stereocenters. The molecule has 0 aliphatic heterocycles. The van der Waals surface area contributed by atoms with Crippen LogP contribution in [-0.2, 0) is 49.9 Å². The Labute approximate surface area is 86.6 Å². The van der Waals surface area contributed by atoms with E-state index < -0.39 is 18.0 Å². The van der Waals surface area contributed by atoms with Crippen molar-refractivity contribution in [1.29, 1.82) is 0 Å². The van der Waals surface area contributed by atoms with Crippen molar-refractivity contribution in [3.05, 3.63) is 0 Å². The fourth-order valence-corrected chi connectivity index (χ4v) is 0.706. The zero-order valence-electron chi connectivity index (χ0n) is 5.80. The second-order valence-corrected chi connectivity index (χ2v) is 2.34. The molecule has 0 saturated carbocycles. The first kappa shape index (κ1) is 11.9. The summed E-state index contributed by atoms with van der Waals surface area (Å²) in [5.41, 5.74) is 5.24. The van der Waals surface area contributed by atoms with E-state index in [0.29, 0.717) is 0 Å². The van der Waals surface area contributed by atoms with Crippen molar-refractivity contribution < 1.29 is 49.9 Å². The fourth-order valence-electron chi connectivity index (χ4n) is 0.468. The van der Waals surface area contributed by atoms with Gasteiger partial charge in [0.1, 0.15) is 0 Å². The molecule has 0 radical (unpaired) electrons. The van der Waals surface area contributed by atoms with Gasteiger partial charge in [0, 0.05) is 0 Å². The molecule has 1 atom stereocenters. The van der Waals surface area contributed by atoms with Crippen LogP contribution in [0.1, 0.15) is 12.8 Å². The molecule has 0 saturated heterocycles. The molecule has 0 bridgehead atoms. The van der Waals surface area contributed by atoms with Crippen LogP contribution in [0.5, 0.6) is 0 Å². The summed E-state index contributed by atoms with van der Waals surface area (Å²) >= 11 is 8.26. The van der Waals surface area contributed by atoms with E-state index in [0.717, 1.165) is 0 Å². The van der Waals surface area contributed by atoms with Crippen molar-refractivity contribution in [2.45, 2.75) is 18.9 Å². The summed E-state index contributed by atoms with van der Waals surface area (Å²) < 4.78 is 7.80.